The predicted molar refractivity (Wildman–Crippen MR) is 142 cm³/mol. The van der Waals surface area contributed by atoms with E-state index in [0.717, 1.165) is 27.0 Å². The molecule has 2 atom stereocenters. The van der Waals surface area contributed by atoms with Crippen molar-refractivity contribution in [3.8, 4) is 5.75 Å². The molecule has 8 nitrogen and oxygen atoms in total. The molecule has 0 unspecified atom stereocenters. The van der Waals surface area contributed by atoms with Crippen molar-refractivity contribution < 1.29 is 22.7 Å². The van der Waals surface area contributed by atoms with Crippen LogP contribution >= 0.6 is 27.5 Å². The van der Waals surface area contributed by atoms with Crippen LogP contribution < -0.4 is 14.4 Å². The highest BCUT2D eigenvalue weighted by atomic mass is 79.9. The van der Waals surface area contributed by atoms with E-state index in [1.807, 2.05) is 38.1 Å². The van der Waals surface area contributed by atoms with Gasteiger partial charge in [0.15, 0.2) is 0 Å². The zero-order chi connectivity index (χ0) is 26.3. The molecule has 0 radical (unpaired) electrons. The molecule has 0 aromatic heterocycles. The van der Waals surface area contributed by atoms with Gasteiger partial charge in [-0.1, -0.05) is 46.6 Å². The number of ether oxygens (including phenoxy) is 1. The van der Waals surface area contributed by atoms with Crippen molar-refractivity contribution in [1.29, 1.82) is 0 Å². The first-order chi connectivity index (χ1) is 16.4. The number of halogens is 2. The van der Waals surface area contributed by atoms with Crippen molar-refractivity contribution in [2.24, 2.45) is 0 Å². The first-order valence-electron chi connectivity index (χ1n) is 11.0. The zero-order valence-electron chi connectivity index (χ0n) is 20.4. The van der Waals surface area contributed by atoms with Gasteiger partial charge in [-0.05, 0) is 56.2 Å². The third-order valence-corrected chi connectivity index (χ3v) is 7.44. The highest BCUT2D eigenvalue weighted by Gasteiger charge is 2.30. The van der Waals surface area contributed by atoms with E-state index >= 15 is 0 Å². The Labute approximate surface area is 220 Å². The Bertz CT molecular complexity index is 1160. The maximum absolute atomic E-state index is 13.5. The fourth-order valence-electron chi connectivity index (χ4n) is 3.30. The second-order valence-corrected chi connectivity index (χ2v) is 11.5. The number of nitrogens with zero attached hydrogens (tertiary/aromatic N) is 2. The summed E-state index contributed by atoms with van der Waals surface area (Å²) in [6, 6.07) is 10.9. The maximum atomic E-state index is 13.5. The summed E-state index contributed by atoms with van der Waals surface area (Å²) in [7, 11) is -2.40. The van der Waals surface area contributed by atoms with Crippen molar-refractivity contribution >= 4 is 55.1 Å². The Morgan fingerprint density at radius 3 is 2.40 bits per heavy atom. The smallest absolute Gasteiger partial charge is 0.244 e. The summed E-state index contributed by atoms with van der Waals surface area (Å²) in [4.78, 5) is 27.8. The largest absolute Gasteiger partial charge is 0.495 e. The molecule has 0 spiro atoms. The van der Waals surface area contributed by atoms with Crippen molar-refractivity contribution in [1.82, 2.24) is 10.2 Å². The number of methoxy groups -OCH3 is 1. The van der Waals surface area contributed by atoms with Crippen LogP contribution in [-0.2, 0) is 26.2 Å². The number of nitrogens with one attached hydrogen (secondary N) is 1. The summed E-state index contributed by atoms with van der Waals surface area (Å²) in [5, 5.41) is 3.10. The number of carbonyl (C=O) groups is 2. The first kappa shape index (κ1) is 28.9. The summed E-state index contributed by atoms with van der Waals surface area (Å²) in [6.07, 6.45) is 1.74. The van der Waals surface area contributed by atoms with E-state index in [1.54, 1.807) is 6.92 Å². The lowest BCUT2D eigenvalue weighted by Gasteiger charge is -2.32. The van der Waals surface area contributed by atoms with Gasteiger partial charge in [-0.3, -0.25) is 13.9 Å². The zero-order valence-corrected chi connectivity index (χ0v) is 23.6. The molecule has 1 N–H and O–H groups in total. The number of amides is 2. The van der Waals surface area contributed by atoms with E-state index in [1.165, 1.54) is 30.2 Å². The van der Waals surface area contributed by atoms with Gasteiger partial charge in [-0.15, -0.1) is 0 Å². The van der Waals surface area contributed by atoms with E-state index in [9.17, 15) is 18.0 Å². The van der Waals surface area contributed by atoms with Crippen molar-refractivity contribution in [2.45, 2.75) is 45.8 Å². The quantitative estimate of drug-likeness (QED) is 0.424. The standard InChI is InChI=1S/C24H31BrClN3O5S/c1-6-16(2)27-24(31)17(3)28(14-18-8-7-9-19(25)12-18)23(30)15-29(35(5,32)33)20-10-11-22(34-4)21(26)13-20/h7-13,16-17H,6,14-15H2,1-5H3,(H,27,31)/t16-,17-/m1/s1. The molecule has 0 aliphatic rings. The van der Waals surface area contributed by atoms with Crippen molar-refractivity contribution in [3.05, 3.63) is 57.5 Å². The minimum absolute atomic E-state index is 0.0678. The average Bonchev–Trinajstić information content (AvgIpc) is 2.79. The highest BCUT2D eigenvalue weighted by molar-refractivity contribution is 9.10. The van der Waals surface area contributed by atoms with Gasteiger partial charge in [-0.2, -0.15) is 0 Å². The SMILES string of the molecule is CC[C@@H](C)NC(=O)[C@@H](C)N(Cc1cccc(Br)c1)C(=O)CN(c1ccc(OC)c(Cl)c1)S(C)(=O)=O. The van der Waals surface area contributed by atoms with Gasteiger partial charge >= 0.3 is 0 Å². The maximum Gasteiger partial charge on any atom is 0.244 e. The molecular weight excluding hydrogens is 558 g/mol. The molecule has 11 heteroatoms. The summed E-state index contributed by atoms with van der Waals surface area (Å²) in [6.45, 7) is 5.07. The number of hydrogen-bond acceptors (Lipinski definition) is 5. The number of anilines is 1. The topological polar surface area (TPSA) is 96.0 Å². The summed E-state index contributed by atoms with van der Waals surface area (Å²) in [5.74, 6) is -0.475. The molecule has 0 bridgehead atoms. The lowest BCUT2D eigenvalue weighted by atomic mass is 10.1. The molecular formula is C24H31BrClN3O5S. The van der Waals surface area contributed by atoms with E-state index in [-0.39, 0.29) is 29.2 Å². The first-order valence-corrected chi connectivity index (χ1v) is 14.0. The Balaban J connectivity index is 2.41. The Morgan fingerprint density at radius 1 is 1.17 bits per heavy atom. The van der Waals surface area contributed by atoms with Gasteiger partial charge in [0.25, 0.3) is 0 Å². The number of hydrogen-bond donors (Lipinski definition) is 1. The minimum Gasteiger partial charge on any atom is -0.495 e. The average molecular weight is 589 g/mol. The molecule has 0 aliphatic carbocycles. The van der Waals surface area contributed by atoms with Gasteiger partial charge in [0.1, 0.15) is 18.3 Å². The van der Waals surface area contributed by atoms with Gasteiger partial charge in [0.2, 0.25) is 21.8 Å². The van der Waals surface area contributed by atoms with Gasteiger partial charge < -0.3 is 15.0 Å². The van der Waals surface area contributed by atoms with E-state index in [4.69, 9.17) is 16.3 Å². The van der Waals surface area contributed by atoms with E-state index in [2.05, 4.69) is 21.2 Å². The van der Waals surface area contributed by atoms with Crippen molar-refractivity contribution in [3.63, 3.8) is 0 Å². The fraction of sp³-hybridized carbons (Fsp3) is 0.417. The number of benzene rings is 2. The number of carbonyl (C=O) groups excluding carboxylic acids is 2. The van der Waals surface area contributed by atoms with E-state index in [0.29, 0.717) is 5.75 Å². The van der Waals surface area contributed by atoms with Gasteiger partial charge in [-0.25, -0.2) is 8.42 Å². The molecule has 2 amide bonds. The molecule has 2 aromatic carbocycles. The molecule has 0 heterocycles. The summed E-state index contributed by atoms with van der Waals surface area (Å²) >= 11 is 9.62. The lowest BCUT2D eigenvalue weighted by Crippen LogP contribution is -2.52. The summed E-state index contributed by atoms with van der Waals surface area (Å²) in [5.41, 5.74) is 1.00. The molecule has 0 saturated carbocycles. The molecule has 2 aromatic rings. The van der Waals surface area contributed by atoms with Gasteiger partial charge in [0, 0.05) is 17.1 Å². The van der Waals surface area contributed by atoms with Crippen LogP contribution in [0.2, 0.25) is 5.02 Å². The lowest BCUT2D eigenvalue weighted by molar-refractivity contribution is -0.139. The third kappa shape index (κ3) is 8.12. The second kappa shape index (κ2) is 12.6. The van der Waals surface area contributed by atoms with Crippen LogP contribution in [0.5, 0.6) is 5.75 Å². The van der Waals surface area contributed by atoms with Crippen LogP contribution in [0, 0.1) is 0 Å². The molecule has 0 aliphatic heterocycles. The predicted octanol–water partition coefficient (Wildman–Crippen LogP) is 4.21. The molecule has 0 fully saturated rings. The van der Waals surface area contributed by atoms with Crippen LogP contribution in [-0.4, -0.2) is 57.1 Å². The highest BCUT2D eigenvalue weighted by Crippen LogP contribution is 2.30. The number of sulfonamides is 1. The summed E-state index contributed by atoms with van der Waals surface area (Å²) < 4.78 is 32.2. The van der Waals surface area contributed by atoms with Crippen LogP contribution in [0.1, 0.15) is 32.8 Å². The van der Waals surface area contributed by atoms with E-state index < -0.39 is 28.5 Å². The monoisotopic (exact) mass is 587 g/mol. The normalized spacial score (nSPS) is 13.0. The Morgan fingerprint density at radius 2 is 1.86 bits per heavy atom. The molecule has 0 saturated heterocycles. The Kier molecular flexibility index (Phi) is 10.4. The fourth-order valence-corrected chi connectivity index (χ4v) is 4.84. The molecule has 2 rings (SSSR count). The molecule has 192 valence electrons. The van der Waals surface area contributed by atoms with Crippen LogP contribution in [0.15, 0.2) is 46.9 Å². The second-order valence-electron chi connectivity index (χ2n) is 8.23. The minimum atomic E-state index is -3.85. The Hall–Kier alpha value is -2.30. The van der Waals surface area contributed by atoms with Crippen molar-refractivity contribution in [2.75, 3.05) is 24.2 Å². The van der Waals surface area contributed by atoms with Crippen LogP contribution in [0.4, 0.5) is 5.69 Å². The third-order valence-electron chi connectivity index (χ3n) is 5.51. The van der Waals surface area contributed by atoms with Gasteiger partial charge in [0.05, 0.1) is 24.1 Å². The molecule has 35 heavy (non-hydrogen) atoms. The van der Waals surface area contributed by atoms with Crippen LogP contribution in [0.3, 0.4) is 0 Å². The van der Waals surface area contributed by atoms with Crippen LogP contribution in [0.25, 0.3) is 0 Å². The number of rotatable bonds is 11.